The van der Waals surface area contributed by atoms with Crippen LogP contribution in [0.15, 0.2) is 41.4 Å². The number of carbonyl (C=O) groups excluding carboxylic acids is 1. The number of β-amino-alcohol motifs (C(OH)–C–C–N with tert-alkyl or cyclic N) is 1. The van der Waals surface area contributed by atoms with E-state index in [4.69, 9.17) is 16.3 Å². The van der Waals surface area contributed by atoms with Crippen LogP contribution in [-0.4, -0.2) is 62.3 Å². The highest BCUT2D eigenvalue weighted by Gasteiger charge is 2.55. The van der Waals surface area contributed by atoms with Crippen LogP contribution in [0, 0.1) is 5.41 Å². The van der Waals surface area contributed by atoms with Gasteiger partial charge in [-0.25, -0.2) is 9.71 Å². The van der Waals surface area contributed by atoms with E-state index in [-0.39, 0.29) is 5.03 Å². The van der Waals surface area contributed by atoms with Crippen LogP contribution >= 0.6 is 11.6 Å². The van der Waals surface area contributed by atoms with Gasteiger partial charge in [0.2, 0.25) is 0 Å². The lowest BCUT2D eigenvalue weighted by atomic mass is 9.68. The first-order chi connectivity index (χ1) is 18.2. The first-order valence-corrected chi connectivity index (χ1v) is 15.2. The summed E-state index contributed by atoms with van der Waals surface area (Å²) in [5.74, 6) is 0.239. The van der Waals surface area contributed by atoms with Crippen LogP contribution in [0.4, 0.5) is 11.5 Å². The van der Waals surface area contributed by atoms with E-state index in [1.165, 1.54) is 38.2 Å². The van der Waals surface area contributed by atoms with Crippen molar-refractivity contribution < 1.29 is 23.1 Å². The lowest BCUT2D eigenvalue weighted by Crippen LogP contribution is -2.57. The normalized spacial score (nSPS) is 23.7. The maximum Gasteiger partial charge on any atom is 0.281 e. The Bertz CT molecular complexity index is 1330. The molecule has 4 aliphatic rings. The minimum Gasteiger partial charge on any atom is -0.475 e. The minimum atomic E-state index is -4.22. The van der Waals surface area contributed by atoms with Crippen molar-refractivity contribution in [3.05, 3.63) is 41.4 Å². The zero-order valence-electron chi connectivity index (χ0n) is 21.2. The Balaban J connectivity index is 1.17. The average Bonchev–Trinajstić information content (AvgIpc) is 3.54. The Morgan fingerprint density at radius 3 is 2.53 bits per heavy atom. The first kappa shape index (κ1) is 25.7. The summed E-state index contributed by atoms with van der Waals surface area (Å²) in [5, 5.41) is 10.1. The highest BCUT2D eigenvalue weighted by molar-refractivity contribution is 7.90. The number of carbonyl (C=O) groups is 1. The summed E-state index contributed by atoms with van der Waals surface area (Å²) in [6.45, 7) is 2.88. The number of hydrogen-bond acceptors (Lipinski definition) is 8. The quantitative estimate of drug-likeness (QED) is 0.529. The van der Waals surface area contributed by atoms with Crippen molar-refractivity contribution in [2.75, 3.05) is 36.0 Å². The van der Waals surface area contributed by atoms with Gasteiger partial charge < -0.3 is 19.6 Å². The molecule has 2 aliphatic carbocycles. The number of aliphatic hydroxyl groups excluding tert-OH is 1. The number of benzene rings is 1. The summed E-state index contributed by atoms with van der Waals surface area (Å²) >= 11 is 6.30. The van der Waals surface area contributed by atoms with E-state index in [0.29, 0.717) is 54.4 Å². The Morgan fingerprint density at radius 2 is 1.84 bits per heavy atom. The molecular weight excluding hydrogens is 528 g/mol. The molecule has 2 N–H and O–H groups in total. The number of anilines is 2. The van der Waals surface area contributed by atoms with E-state index in [2.05, 4.69) is 14.6 Å². The highest BCUT2D eigenvalue weighted by atomic mass is 35.5. The zero-order chi connectivity index (χ0) is 26.5. The molecule has 1 amide bonds. The summed E-state index contributed by atoms with van der Waals surface area (Å²) < 4.78 is 34.7. The van der Waals surface area contributed by atoms with Gasteiger partial charge in [0.15, 0.2) is 10.6 Å². The number of amides is 1. The number of hydrogen-bond donors (Lipinski definition) is 2. The molecule has 1 aromatic heterocycles. The molecule has 0 radical (unpaired) electrons. The fourth-order valence-corrected chi connectivity index (χ4v) is 7.20. The molecule has 2 aliphatic heterocycles. The Morgan fingerprint density at radius 1 is 1.08 bits per heavy atom. The summed E-state index contributed by atoms with van der Waals surface area (Å²) in [5.41, 5.74) is -0.0157. The molecule has 2 saturated carbocycles. The first-order valence-electron chi connectivity index (χ1n) is 13.4. The van der Waals surface area contributed by atoms with Gasteiger partial charge in [-0.2, -0.15) is 8.42 Å². The summed E-state index contributed by atoms with van der Waals surface area (Å²) in [4.78, 5) is 21.6. The summed E-state index contributed by atoms with van der Waals surface area (Å²) in [6.07, 6.45) is 7.27. The van der Waals surface area contributed by atoms with E-state index < -0.39 is 27.6 Å². The number of halogens is 1. The number of ether oxygens (including phenoxy) is 1. The summed E-state index contributed by atoms with van der Waals surface area (Å²) in [7, 11) is -4.22. The zero-order valence-corrected chi connectivity index (χ0v) is 22.8. The van der Waals surface area contributed by atoms with Gasteiger partial charge in [-0.15, -0.1) is 0 Å². The van der Waals surface area contributed by atoms with Crippen LogP contribution in [0.25, 0.3) is 0 Å². The lowest BCUT2D eigenvalue weighted by molar-refractivity contribution is -0.127. The molecule has 204 valence electrons. The van der Waals surface area contributed by atoms with Crippen molar-refractivity contribution in [2.24, 2.45) is 5.41 Å². The Kier molecular flexibility index (Phi) is 6.47. The average molecular weight is 561 g/mol. The molecule has 3 heterocycles. The third-order valence-corrected chi connectivity index (χ3v) is 9.82. The Labute approximate surface area is 228 Å². The number of nitrogens with zero attached hydrogens (tertiary/aromatic N) is 3. The number of sulfonamides is 1. The van der Waals surface area contributed by atoms with E-state index in [1.54, 1.807) is 18.2 Å². The molecule has 1 atom stereocenters. The summed E-state index contributed by atoms with van der Waals surface area (Å²) in [6, 6.07) is 10.1. The van der Waals surface area contributed by atoms with Gasteiger partial charge in [-0.1, -0.05) is 36.9 Å². The van der Waals surface area contributed by atoms with Crippen molar-refractivity contribution in [1.29, 1.82) is 0 Å². The molecule has 11 heteroatoms. The monoisotopic (exact) mass is 560 g/mol. The number of nitrogens with one attached hydrogen (secondary N) is 1. The van der Waals surface area contributed by atoms with Gasteiger partial charge in [0.25, 0.3) is 15.9 Å². The van der Waals surface area contributed by atoms with Gasteiger partial charge in [0.1, 0.15) is 11.6 Å². The second-order valence-electron chi connectivity index (χ2n) is 11.3. The minimum absolute atomic E-state index is 0.248. The van der Waals surface area contributed by atoms with Gasteiger partial charge in [0.05, 0.1) is 11.8 Å². The smallest absolute Gasteiger partial charge is 0.281 e. The van der Waals surface area contributed by atoms with E-state index in [0.717, 1.165) is 18.8 Å². The number of rotatable bonds is 7. The molecule has 38 heavy (non-hydrogen) atoms. The van der Waals surface area contributed by atoms with Crippen molar-refractivity contribution >= 4 is 39.0 Å². The maximum absolute atomic E-state index is 13.3. The SMILES string of the molecule is O=C(NS(=O)(=O)c1cccc(N2CC[C@@H](O)C2)n1)C1(Oc2cc(Cl)ccc2N2CC3(CCCCC3)C2)CC1. The number of aromatic nitrogens is 1. The van der Waals surface area contributed by atoms with Gasteiger partial charge in [0, 0.05) is 55.5 Å². The van der Waals surface area contributed by atoms with Crippen LogP contribution < -0.4 is 19.3 Å². The fraction of sp³-hybridized carbons (Fsp3) is 0.556. The molecule has 2 aromatic rings. The third kappa shape index (κ3) is 4.94. The van der Waals surface area contributed by atoms with Crippen molar-refractivity contribution in [2.45, 2.75) is 68.1 Å². The largest absolute Gasteiger partial charge is 0.475 e. The van der Waals surface area contributed by atoms with Crippen molar-refractivity contribution in [3.8, 4) is 5.75 Å². The van der Waals surface area contributed by atoms with E-state index in [9.17, 15) is 18.3 Å². The molecule has 1 spiro atoms. The molecule has 0 unspecified atom stereocenters. The molecular formula is C27H33ClN4O5S. The van der Waals surface area contributed by atoms with E-state index in [1.807, 2.05) is 17.0 Å². The van der Waals surface area contributed by atoms with Gasteiger partial charge in [-0.05, 0) is 43.5 Å². The third-order valence-electron chi connectivity index (χ3n) is 8.35. The van der Waals surface area contributed by atoms with Crippen LogP contribution in [0.3, 0.4) is 0 Å². The molecule has 0 bridgehead atoms. The highest BCUT2D eigenvalue weighted by Crippen LogP contribution is 2.50. The van der Waals surface area contributed by atoms with Crippen molar-refractivity contribution in [3.63, 3.8) is 0 Å². The van der Waals surface area contributed by atoms with Gasteiger partial charge >= 0.3 is 0 Å². The molecule has 9 nitrogen and oxygen atoms in total. The van der Waals surface area contributed by atoms with Crippen LogP contribution in [0.5, 0.6) is 5.75 Å². The van der Waals surface area contributed by atoms with Crippen molar-refractivity contribution in [1.82, 2.24) is 9.71 Å². The molecule has 6 rings (SSSR count). The maximum atomic E-state index is 13.3. The fourth-order valence-electron chi connectivity index (χ4n) is 6.03. The van der Waals surface area contributed by atoms with E-state index >= 15 is 0 Å². The molecule has 4 fully saturated rings. The number of aliphatic hydroxyl groups is 1. The van der Waals surface area contributed by atoms with Crippen LogP contribution in [-0.2, 0) is 14.8 Å². The Hall–Kier alpha value is -2.56. The standard InChI is InChI=1S/C27H33ClN4O5S/c28-19-7-8-21(32-17-26(18-32)10-2-1-3-11-26)22(15-19)37-27(12-13-27)25(34)30-38(35,36)24-6-4-5-23(29-24)31-14-9-20(33)16-31/h4-8,15,20,33H,1-3,9-14,16-18H2,(H,30,34)/t20-/m1/s1. The topological polar surface area (TPSA) is 112 Å². The predicted molar refractivity (Wildman–Crippen MR) is 144 cm³/mol. The van der Waals surface area contributed by atoms with Crippen LogP contribution in [0.2, 0.25) is 5.02 Å². The molecule has 2 saturated heterocycles. The second-order valence-corrected chi connectivity index (χ2v) is 13.3. The number of pyridine rings is 1. The second kappa shape index (κ2) is 9.57. The molecule has 1 aromatic carbocycles. The predicted octanol–water partition coefficient (Wildman–Crippen LogP) is 3.49. The lowest BCUT2D eigenvalue weighted by Gasteiger charge is -2.53. The van der Waals surface area contributed by atoms with Crippen LogP contribution in [0.1, 0.15) is 51.4 Å². The van der Waals surface area contributed by atoms with Gasteiger partial charge in [-0.3, -0.25) is 4.79 Å².